The van der Waals surface area contributed by atoms with Gasteiger partial charge in [-0.15, -0.1) is 11.6 Å². The molecule has 3 nitrogen and oxygen atoms in total. The summed E-state index contributed by atoms with van der Waals surface area (Å²) in [4.78, 5) is 0.282. The van der Waals surface area contributed by atoms with Crippen molar-refractivity contribution in [3.63, 3.8) is 0 Å². The zero-order valence-electron chi connectivity index (χ0n) is 10.8. The second-order valence-electron chi connectivity index (χ2n) is 4.81. The number of hydrogen-bond acceptors (Lipinski definition) is 2. The Morgan fingerprint density at radius 1 is 1.42 bits per heavy atom. The fourth-order valence-electron chi connectivity index (χ4n) is 2.31. The Morgan fingerprint density at radius 2 is 2.16 bits per heavy atom. The molecule has 1 heterocycles. The zero-order chi connectivity index (χ0) is 14.0. The van der Waals surface area contributed by atoms with Crippen LogP contribution in [0.15, 0.2) is 23.1 Å². The summed E-state index contributed by atoms with van der Waals surface area (Å²) in [7, 11) is -3.42. The quantitative estimate of drug-likeness (QED) is 0.796. The van der Waals surface area contributed by atoms with Crippen molar-refractivity contribution in [3.05, 3.63) is 28.8 Å². The van der Waals surface area contributed by atoms with Crippen molar-refractivity contribution in [2.24, 2.45) is 5.92 Å². The first-order valence-corrected chi connectivity index (χ1v) is 8.68. The van der Waals surface area contributed by atoms with Crippen LogP contribution in [-0.2, 0) is 15.9 Å². The van der Waals surface area contributed by atoms with E-state index in [4.69, 9.17) is 23.2 Å². The number of hydrogen-bond donors (Lipinski definition) is 0. The van der Waals surface area contributed by atoms with E-state index in [0.29, 0.717) is 29.6 Å². The molecule has 0 bridgehead atoms. The largest absolute Gasteiger partial charge is 0.243 e. The molecular formula is C13H17Cl2NO2S. The predicted octanol–water partition coefficient (Wildman–Crippen LogP) is 3.50. The SMILES string of the molecule is CCC1CCN(S(=O)(=O)c2ccc(Cl)c(CCl)c2)C1. The minimum Gasteiger partial charge on any atom is -0.207 e. The number of benzene rings is 1. The van der Waals surface area contributed by atoms with Crippen LogP contribution in [0.25, 0.3) is 0 Å². The Balaban J connectivity index is 2.30. The van der Waals surface area contributed by atoms with E-state index in [-0.39, 0.29) is 10.8 Å². The highest BCUT2D eigenvalue weighted by molar-refractivity contribution is 7.89. The fourth-order valence-corrected chi connectivity index (χ4v) is 4.37. The summed E-state index contributed by atoms with van der Waals surface area (Å²) in [5.74, 6) is 0.675. The molecule has 0 radical (unpaired) electrons. The minimum atomic E-state index is -3.42. The van der Waals surface area contributed by atoms with Gasteiger partial charge in [-0.2, -0.15) is 4.31 Å². The number of halogens is 2. The summed E-state index contributed by atoms with van der Waals surface area (Å²) in [5.41, 5.74) is 0.649. The van der Waals surface area contributed by atoms with Crippen LogP contribution in [0.4, 0.5) is 0 Å². The number of nitrogens with zero attached hydrogens (tertiary/aromatic N) is 1. The lowest BCUT2D eigenvalue weighted by molar-refractivity contribution is 0.453. The molecule has 1 aliphatic heterocycles. The Hall–Kier alpha value is -0.290. The smallest absolute Gasteiger partial charge is 0.207 e. The second kappa shape index (κ2) is 6.00. The van der Waals surface area contributed by atoms with Gasteiger partial charge in [0.05, 0.1) is 4.90 Å². The van der Waals surface area contributed by atoms with E-state index >= 15 is 0 Å². The highest BCUT2D eigenvalue weighted by atomic mass is 35.5. The lowest BCUT2D eigenvalue weighted by Gasteiger charge is -2.17. The first-order valence-electron chi connectivity index (χ1n) is 6.33. The molecule has 6 heteroatoms. The molecule has 0 saturated carbocycles. The molecule has 0 aliphatic carbocycles. The summed E-state index contributed by atoms with van der Waals surface area (Å²) in [6.45, 7) is 3.30. The standard InChI is InChI=1S/C13H17Cl2NO2S/c1-2-10-5-6-16(9-10)19(17,18)12-3-4-13(15)11(7-12)8-14/h3-4,7,10H,2,5-6,8-9H2,1H3. The molecule has 1 unspecified atom stereocenters. The summed E-state index contributed by atoms with van der Waals surface area (Å²) in [6.07, 6.45) is 1.95. The Labute approximate surface area is 124 Å². The number of alkyl halides is 1. The van der Waals surface area contributed by atoms with Gasteiger partial charge in [0, 0.05) is 24.0 Å². The molecule has 0 aromatic heterocycles. The number of sulfonamides is 1. The van der Waals surface area contributed by atoms with Crippen LogP contribution >= 0.6 is 23.2 Å². The van der Waals surface area contributed by atoms with Crippen molar-refractivity contribution in [1.29, 1.82) is 0 Å². The molecule has 1 aromatic carbocycles. The molecule has 2 rings (SSSR count). The average Bonchev–Trinajstić information content (AvgIpc) is 2.88. The van der Waals surface area contributed by atoms with Gasteiger partial charge < -0.3 is 0 Å². The second-order valence-corrected chi connectivity index (χ2v) is 7.43. The van der Waals surface area contributed by atoms with Crippen LogP contribution in [0, 0.1) is 5.92 Å². The monoisotopic (exact) mass is 321 g/mol. The van der Waals surface area contributed by atoms with Gasteiger partial charge in [-0.3, -0.25) is 0 Å². The van der Waals surface area contributed by atoms with Crippen LogP contribution < -0.4 is 0 Å². The highest BCUT2D eigenvalue weighted by Gasteiger charge is 2.31. The van der Waals surface area contributed by atoms with E-state index in [0.717, 1.165) is 12.8 Å². The van der Waals surface area contributed by atoms with Gasteiger partial charge in [-0.25, -0.2) is 8.42 Å². The van der Waals surface area contributed by atoms with Crippen molar-refractivity contribution in [2.45, 2.75) is 30.5 Å². The number of rotatable bonds is 4. The summed E-state index contributed by atoms with van der Waals surface area (Å²) in [6, 6.07) is 4.72. The summed E-state index contributed by atoms with van der Waals surface area (Å²) in [5, 5.41) is 0.502. The molecule has 0 N–H and O–H groups in total. The van der Waals surface area contributed by atoms with Crippen molar-refractivity contribution >= 4 is 33.2 Å². The molecule has 1 aliphatic rings. The van der Waals surface area contributed by atoms with Crippen LogP contribution in [-0.4, -0.2) is 25.8 Å². The van der Waals surface area contributed by atoms with Crippen molar-refractivity contribution in [1.82, 2.24) is 4.31 Å². The van der Waals surface area contributed by atoms with E-state index < -0.39 is 10.0 Å². The van der Waals surface area contributed by atoms with E-state index in [9.17, 15) is 8.42 Å². The van der Waals surface area contributed by atoms with Crippen molar-refractivity contribution in [3.8, 4) is 0 Å². The van der Waals surface area contributed by atoms with Crippen molar-refractivity contribution in [2.75, 3.05) is 13.1 Å². The first kappa shape index (κ1) is 15.1. The predicted molar refractivity (Wildman–Crippen MR) is 78.2 cm³/mol. The first-order chi connectivity index (χ1) is 8.98. The Bertz CT molecular complexity index is 560. The van der Waals surface area contributed by atoms with Crippen LogP contribution in [0.3, 0.4) is 0 Å². The van der Waals surface area contributed by atoms with Crippen LogP contribution in [0.5, 0.6) is 0 Å². The maximum atomic E-state index is 12.5. The third kappa shape index (κ3) is 3.07. The zero-order valence-corrected chi connectivity index (χ0v) is 13.1. The molecule has 1 atom stereocenters. The van der Waals surface area contributed by atoms with Gasteiger partial charge in [0.1, 0.15) is 0 Å². The molecule has 0 amide bonds. The topological polar surface area (TPSA) is 37.4 Å². The van der Waals surface area contributed by atoms with Gasteiger partial charge in [0.15, 0.2) is 0 Å². The van der Waals surface area contributed by atoms with Crippen molar-refractivity contribution < 1.29 is 8.42 Å². The molecule has 1 saturated heterocycles. The molecular weight excluding hydrogens is 305 g/mol. The normalized spacial score (nSPS) is 20.9. The van der Waals surface area contributed by atoms with Gasteiger partial charge in [0.25, 0.3) is 0 Å². The summed E-state index contributed by atoms with van der Waals surface area (Å²) >= 11 is 11.7. The van der Waals surface area contributed by atoms with Gasteiger partial charge in [-0.1, -0.05) is 24.9 Å². The van der Waals surface area contributed by atoms with Gasteiger partial charge >= 0.3 is 0 Å². The lowest BCUT2D eigenvalue weighted by atomic mass is 10.1. The fraction of sp³-hybridized carbons (Fsp3) is 0.538. The Morgan fingerprint density at radius 3 is 2.74 bits per heavy atom. The van der Waals surface area contributed by atoms with Crippen LogP contribution in [0.2, 0.25) is 5.02 Å². The maximum Gasteiger partial charge on any atom is 0.243 e. The van der Waals surface area contributed by atoms with E-state index in [1.54, 1.807) is 22.5 Å². The molecule has 1 fully saturated rings. The van der Waals surface area contributed by atoms with Gasteiger partial charge in [-0.05, 0) is 36.1 Å². The maximum absolute atomic E-state index is 12.5. The van der Waals surface area contributed by atoms with E-state index in [1.807, 2.05) is 0 Å². The molecule has 106 valence electrons. The Kier molecular flexibility index (Phi) is 4.77. The average molecular weight is 322 g/mol. The van der Waals surface area contributed by atoms with Crippen LogP contribution in [0.1, 0.15) is 25.3 Å². The highest BCUT2D eigenvalue weighted by Crippen LogP contribution is 2.28. The minimum absolute atomic E-state index is 0.208. The third-order valence-electron chi connectivity index (χ3n) is 3.62. The lowest BCUT2D eigenvalue weighted by Crippen LogP contribution is -2.28. The van der Waals surface area contributed by atoms with E-state index in [2.05, 4.69) is 6.92 Å². The summed E-state index contributed by atoms with van der Waals surface area (Å²) < 4.78 is 26.6. The van der Waals surface area contributed by atoms with Gasteiger partial charge in [0.2, 0.25) is 10.0 Å². The third-order valence-corrected chi connectivity index (χ3v) is 6.14. The molecule has 1 aromatic rings. The molecule has 19 heavy (non-hydrogen) atoms. The molecule has 0 spiro atoms. The van der Waals surface area contributed by atoms with E-state index in [1.165, 1.54) is 0 Å².